The third-order valence-electron chi connectivity index (χ3n) is 6.72. The summed E-state index contributed by atoms with van der Waals surface area (Å²) < 4.78 is 47.1. The van der Waals surface area contributed by atoms with E-state index in [9.17, 15) is 32.7 Å². The Morgan fingerprint density at radius 2 is 1.98 bits per heavy atom. The molecule has 0 spiro atoms. The molecule has 12 nitrogen and oxygen atoms in total. The molecule has 3 N–H and O–H groups in total. The number of rotatable bonds is 10. The molecule has 0 unspecified atom stereocenters. The molecule has 0 radical (unpaired) electrons. The fourth-order valence-electron chi connectivity index (χ4n) is 4.54. The lowest BCUT2D eigenvalue weighted by molar-refractivity contribution is -0.140. The number of pyridine rings is 2. The first kappa shape index (κ1) is 32.5. The maximum absolute atomic E-state index is 13.4. The van der Waals surface area contributed by atoms with Gasteiger partial charge in [-0.2, -0.15) is 13.2 Å². The molecule has 4 heterocycles. The molecule has 1 aliphatic rings. The van der Waals surface area contributed by atoms with E-state index in [0.717, 1.165) is 16.7 Å². The predicted molar refractivity (Wildman–Crippen MR) is 161 cm³/mol. The Bertz CT molecular complexity index is 1650. The molecule has 2 amide bonds. The number of alkyl halides is 3. The van der Waals surface area contributed by atoms with E-state index in [-0.39, 0.29) is 27.8 Å². The van der Waals surface area contributed by atoms with E-state index in [0.29, 0.717) is 57.1 Å². The molecule has 44 heavy (non-hydrogen) atoms. The molecule has 0 atom stereocenters. The third-order valence-corrected chi connectivity index (χ3v) is 7.60. The second-order valence-corrected chi connectivity index (χ2v) is 10.5. The zero-order valence-corrected chi connectivity index (χ0v) is 24.7. The van der Waals surface area contributed by atoms with Gasteiger partial charge in [0, 0.05) is 61.6 Å². The van der Waals surface area contributed by atoms with Gasteiger partial charge in [0.15, 0.2) is 5.69 Å². The van der Waals surface area contributed by atoms with Crippen molar-refractivity contribution in [2.45, 2.75) is 26.6 Å². The minimum Gasteiger partial charge on any atom is -0.477 e. The van der Waals surface area contributed by atoms with Gasteiger partial charge in [0.1, 0.15) is 22.2 Å². The summed E-state index contributed by atoms with van der Waals surface area (Å²) in [5.41, 5.74) is -1.58. The Hall–Kier alpha value is -4.41. The van der Waals surface area contributed by atoms with Crippen LogP contribution in [0.25, 0.3) is 22.2 Å². The van der Waals surface area contributed by atoms with Gasteiger partial charge in [-0.3, -0.25) is 15.0 Å². The van der Waals surface area contributed by atoms with Crippen molar-refractivity contribution in [3.05, 3.63) is 56.4 Å². The van der Waals surface area contributed by atoms with Crippen LogP contribution in [0.15, 0.2) is 33.6 Å². The first-order valence-corrected chi connectivity index (χ1v) is 14.3. The predicted octanol–water partition coefficient (Wildman–Crippen LogP) is 4.45. The number of carboxylic acid groups (broad SMARTS) is 1. The number of anilines is 1. The van der Waals surface area contributed by atoms with Crippen molar-refractivity contribution in [3.8, 4) is 10.6 Å². The van der Waals surface area contributed by atoms with Gasteiger partial charge in [0.05, 0.1) is 18.8 Å². The number of ether oxygens (including phenoxy) is 1. The van der Waals surface area contributed by atoms with Crippen LogP contribution in [0.3, 0.4) is 0 Å². The summed E-state index contributed by atoms with van der Waals surface area (Å²) in [6, 6.07) is 0.813. The number of amides is 2. The summed E-state index contributed by atoms with van der Waals surface area (Å²) in [5, 5.41) is 15.7. The van der Waals surface area contributed by atoms with Crippen LogP contribution in [0.4, 0.5) is 29.6 Å². The van der Waals surface area contributed by atoms with Gasteiger partial charge in [-0.05, 0) is 38.3 Å². The highest BCUT2D eigenvalue weighted by Gasteiger charge is 2.34. The number of hydrogen-bond donors (Lipinski definition) is 3. The van der Waals surface area contributed by atoms with Gasteiger partial charge in [-0.15, -0.1) is 11.3 Å². The number of halogens is 3. The molecule has 234 valence electrons. The second kappa shape index (κ2) is 13.9. The van der Waals surface area contributed by atoms with E-state index in [1.54, 1.807) is 18.4 Å². The number of aromatic carboxylic acids is 1. The Balaban J connectivity index is 1.83. The van der Waals surface area contributed by atoms with Crippen LogP contribution in [0.5, 0.6) is 0 Å². The Kier molecular flexibility index (Phi) is 10.3. The lowest BCUT2D eigenvalue weighted by atomic mass is 10.00. The molecule has 0 bridgehead atoms. The zero-order chi connectivity index (χ0) is 32.0. The molecular formula is C28H30F3N7O5S. The van der Waals surface area contributed by atoms with E-state index in [4.69, 9.17) is 4.74 Å². The second-order valence-electron chi connectivity index (χ2n) is 9.68. The molecule has 3 aromatic rings. The number of thiazole rings is 1. The van der Waals surface area contributed by atoms with Crippen molar-refractivity contribution >= 4 is 53.3 Å². The average molecular weight is 634 g/mol. The minimum atomic E-state index is -4.68. The van der Waals surface area contributed by atoms with Gasteiger partial charge in [-0.25, -0.2) is 24.5 Å². The lowest BCUT2D eigenvalue weighted by Crippen LogP contribution is -2.38. The van der Waals surface area contributed by atoms with Gasteiger partial charge < -0.3 is 19.7 Å². The van der Waals surface area contributed by atoms with Crippen molar-refractivity contribution in [1.82, 2.24) is 24.8 Å². The lowest BCUT2D eigenvalue weighted by Gasteiger charge is -2.27. The number of urea groups is 1. The number of allylic oxidation sites excluding steroid dienone is 1. The SMILES string of the molecule is C=Nc1c(/C=C(\C)c2cnc(NC(=O)NCC)cc2-c2nc(C(F)(F)F)cs2)c(=O)c(C(=O)O)cn1CCN1CCOCC1. The maximum atomic E-state index is 13.4. The molecule has 0 saturated carbocycles. The number of carboxylic acids is 1. The number of nitrogens with one attached hydrogen (secondary N) is 2. The standard InChI is InChI=1S/C28H30F3N7O5S/c1-4-33-27(42)36-22-12-17(25-35-21(15-44-25)28(29,30)31)19(13-34-22)16(2)11-18-23(39)20(26(40)41)14-38(24(18)32-3)6-5-37-7-9-43-10-8-37/h11-15H,3-10H2,1-2H3,(H,40,41)(H2,33,34,36,42)/b16-11+. The first-order valence-electron chi connectivity index (χ1n) is 13.5. The molecule has 1 saturated heterocycles. The smallest absolute Gasteiger partial charge is 0.434 e. The fourth-order valence-corrected chi connectivity index (χ4v) is 5.39. The minimum absolute atomic E-state index is 0.00861. The van der Waals surface area contributed by atoms with Crippen LogP contribution < -0.4 is 16.1 Å². The highest BCUT2D eigenvalue weighted by Crippen LogP contribution is 2.37. The van der Waals surface area contributed by atoms with Gasteiger partial charge in [0.2, 0.25) is 5.43 Å². The summed E-state index contributed by atoms with van der Waals surface area (Å²) in [5.74, 6) is -1.24. The summed E-state index contributed by atoms with van der Waals surface area (Å²) in [6.07, 6.45) is -0.718. The maximum Gasteiger partial charge on any atom is 0.434 e. The van der Waals surface area contributed by atoms with Gasteiger partial charge in [-0.1, -0.05) is 0 Å². The summed E-state index contributed by atoms with van der Waals surface area (Å²) in [7, 11) is 0. The quantitative estimate of drug-likeness (QED) is 0.277. The van der Waals surface area contributed by atoms with Crippen LogP contribution in [-0.2, 0) is 17.5 Å². The summed E-state index contributed by atoms with van der Waals surface area (Å²) in [4.78, 5) is 51.6. The number of carbonyl (C=O) groups excluding carboxylic acids is 1. The molecule has 0 aliphatic carbocycles. The van der Waals surface area contributed by atoms with Crippen molar-refractivity contribution in [2.75, 3.05) is 44.7 Å². The van der Waals surface area contributed by atoms with E-state index in [1.807, 2.05) is 0 Å². The number of carbonyl (C=O) groups is 2. The van der Waals surface area contributed by atoms with E-state index in [2.05, 4.69) is 37.2 Å². The van der Waals surface area contributed by atoms with Crippen LogP contribution in [0, 0.1) is 0 Å². The fraction of sp³-hybridized carbons (Fsp3) is 0.357. The third kappa shape index (κ3) is 7.56. The van der Waals surface area contributed by atoms with Gasteiger partial charge in [0.25, 0.3) is 0 Å². The molecule has 1 aliphatic heterocycles. The van der Waals surface area contributed by atoms with Crippen LogP contribution in [0.2, 0.25) is 0 Å². The highest BCUT2D eigenvalue weighted by molar-refractivity contribution is 7.13. The molecule has 16 heteroatoms. The number of aliphatic imine (C=N–C) groups is 1. The topological polar surface area (TPSA) is 151 Å². The Morgan fingerprint density at radius 1 is 1.25 bits per heavy atom. The van der Waals surface area contributed by atoms with E-state index in [1.165, 1.54) is 24.5 Å². The molecule has 0 aromatic carbocycles. The highest BCUT2D eigenvalue weighted by atomic mass is 32.1. The van der Waals surface area contributed by atoms with Crippen molar-refractivity contribution in [2.24, 2.45) is 4.99 Å². The zero-order valence-electron chi connectivity index (χ0n) is 23.9. The van der Waals surface area contributed by atoms with Crippen LogP contribution in [0.1, 0.15) is 41.0 Å². The van der Waals surface area contributed by atoms with Gasteiger partial charge >= 0.3 is 18.2 Å². The number of aromatic nitrogens is 3. The molecule has 3 aromatic heterocycles. The molecule has 1 fully saturated rings. The first-order chi connectivity index (χ1) is 20.9. The summed E-state index contributed by atoms with van der Waals surface area (Å²) in [6.45, 7) is 10.6. The largest absolute Gasteiger partial charge is 0.477 e. The van der Waals surface area contributed by atoms with E-state index < -0.39 is 34.9 Å². The summed E-state index contributed by atoms with van der Waals surface area (Å²) >= 11 is 0.745. The van der Waals surface area contributed by atoms with Crippen molar-refractivity contribution < 1.29 is 32.6 Å². The Morgan fingerprint density at radius 3 is 2.59 bits per heavy atom. The average Bonchev–Trinajstić information content (AvgIpc) is 3.49. The monoisotopic (exact) mass is 633 g/mol. The number of hydrogen-bond acceptors (Lipinski definition) is 9. The van der Waals surface area contributed by atoms with Crippen LogP contribution >= 0.6 is 11.3 Å². The number of nitrogens with zero attached hydrogens (tertiary/aromatic N) is 5. The number of morpholine rings is 1. The van der Waals surface area contributed by atoms with Crippen LogP contribution in [-0.4, -0.2) is 82.7 Å². The van der Waals surface area contributed by atoms with E-state index >= 15 is 0 Å². The molecule has 4 rings (SSSR count). The van der Waals surface area contributed by atoms with Crippen molar-refractivity contribution in [3.63, 3.8) is 0 Å². The Labute approximate surface area is 253 Å². The normalized spacial score (nSPS) is 14.3. The van der Waals surface area contributed by atoms with Crippen molar-refractivity contribution in [1.29, 1.82) is 0 Å². The molecular weight excluding hydrogens is 603 g/mol.